The zero-order valence-corrected chi connectivity index (χ0v) is 17.0. The van der Waals surface area contributed by atoms with Crippen LogP contribution in [0.5, 0.6) is 0 Å². The van der Waals surface area contributed by atoms with Crippen molar-refractivity contribution in [2.45, 2.75) is 11.8 Å². The molecule has 1 amide bonds. The van der Waals surface area contributed by atoms with Crippen molar-refractivity contribution < 1.29 is 22.0 Å². The Morgan fingerprint density at radius 3 is 2.53 bits per heavy atom. The van der Waals surface area contributed by atoms with Gasteiger partial charge in [0.15, 0.2) is 0 Å². The number of aryl methyl sites for hydroxylation is 1. The molecular formula is C20H20F2N4O3S. The number of sulfonamides is 1. The first-order chi connectivity index (χ1) is 14.2. The van der Waals surface area contributed by atoms with Crippen LogP contribution < -0.4 is 5.32 Å². The number of rotatable bonds is 3. The van der Waals surface area contributed by atoms with Crippen LogP contribution in [0.2, 0.25) is 0 Å². The highest BCUT2D eigenvalue weighted by molar-refractivity contribution is 7.90. The fourth-order valence-corrected chi connectivity index (χ4v) is 4.76. The van der Waals surface area contributed by atoms with E-state index in [4.69, 9.17) is 0 Å². The van der Waals surface area contributed by atoms with Crippen molar-refractivity contribution in [1.82, 2.24) is 9.80 Å². The average Bonchev–Trinajstić information content (AvgIpc) is 2.68. The van der Waals surface area contributed by atoms with Gasteiger partial charge >= 0.3 is 0 Å². The van der Waals surface area contributed by atoms with E-state index in [1.54, 1.807) is 12.1 Å². The van der Waals surface area contributed by atoms with Crippen LogP contribution in [-0.2, 0) is 10.0 Å². The van der Waals surface area contributed by atoms with Crippen LogP contribution in [0.1, 0.15) is 15.9 Å². The summed E-state index contributed by atoms with van der Waals surface area (Å²) in [6.07, 6.45) is 0. The van der Waals surface area contributed by atoms with Gasteiger partial charge in [-0.2, -0.15) is 8.42 Å². The van der Waals surface area contributed by atoms with Gasteiger partial charge in [-0.3, -0.25) is 9.69 Å². The molecule has 4 rings (SSSR count). The largest absolute Gasteiger partial charge is 0.341 e. The van der Waals surface area contributed by atoms with Gasteiger partial charge in [0, 0.05) is 32.2 Å². The van der Waals surface area contributed by atoms with E-state index in [0.717, 1.165) is 17.7 Å². The number of piperazine rings is 1. The molecule has 10 heteroatoms. The SMILES string of the molecule is Cc1ccc2c(c1)S(=O)(=O)N=C(CN1CCN(C(=O)c3ccc(F)cc3F)CC1)N2. The predicted molar refractivity (Wildman–Crippen MR) is 108 cm³/mol. The quantitative estimate of drug-likeness (QED) is 0.801. The van der Waals surface area contributed by atoms with Crippen molar-refractivity contribution in [2.24, 2.45) is 4.40 Å². The highest BCUT2D eigenvalue weighted by Crippen LogP contribution is 2.28. The van der Waals surface area contributed by atoms with Crippen LogP contribution in [0, 0.1) is 18.6 Å². The molecule has 0 saturated carbocycles. The molecule has 2 aromatic rings. The molecule has 30 heavy (non-hydrogen) atoms. The summed E-state index contributed by atoms with van der Waals surface area (Å²) in [5, 5.41) is 3.06. The normalized spacial score (nSPS) is 18.4. The standard InChI is InChI=1S/C20H20F2N4O3S/c1-13-2-5-17-18(10-13)30(28,29)24-19(23-17)12-25-6-8-26(9-7-25)20(27)15-4-3-14(21)11-16(15)22/h2-5,10-11H,6-9,12H2,1H3,(H,23,24). The molecule has 2 aromatic carbocycles. The summed E-state index contributed by atoms with van der Waals surface area (Å²) in [4.78, 5) is 16.1. The van der Waals surface area contributed by atoms with E-state index in [2.05, 4.69) is 9.71 Å². The number of benzene rings is 2. The molecule has 2 aliphatic rings. The smallest absolute Gasteiger partial charge is 0.286 e. The Hall–Kier alpha value is -2.85. The molecule has 0 aromatic heterocycles. The summed E-state index contributed by atoms with van der Waals surface area (Å²) in [7, 11) is -3.77. The molecule has 1 N–H and O–H groups in total. The van der Waals surface area contributed by atoms with Crippen LogP contribution >= 0.6 is 0 Å². The molecule has 0 radical (unpaired) electrons. The molecule has 0 aliphatic carbocycles. The maximum absolute atomic E-state index is 13.9. The summed E-state index contributed by atoms with van der Waals surface area (Å²) in [6.45, 7) is 3.70. The van der Waals surface area contributed by atoms with Crippen LogP contribution in [0.3, 0.4) is 0 Å². The molecule has 0 bridgehead atoms. The van der Waals surface area contributed by atoms with Crippen LogP contribution in [-0.4, -0.2) is 62.7 Å². The second-order valence-corrected chi connectivity index (χ2v) is 8.90. The first kappa shape index (κ1) is 20.4. The van der Waals surface area contributed by atoms with E-state index in [1.807, 2.05) is 17.9 Å². The maximum atomic E-state index is 13.9. The number of anilines is 1. The van der Waals surface area contributed by atoms with E-state index >= 15 is 0 Å². The van der Waals surface area contributed by atoms with Gasteiger partial charge < -0.3 is 10.2 Å². The maximum Gasteiger partial charge on any atom is 0.286 e. The zero-order chi connectivity index (χ0) is 21.5. The molecule has 0 unspecified atom stereocenters. The third-order valence-corrected chi connectivity index (χ3v) is 6.47. The van der Waals surface area contributed by atoms with E-state index < -0.39 is 27.6 Å². The summed E-state index contributed by atoms with van der Waals surface area (Å²) in [5.41, 5.74) is 1.16. The van der Waals surface area contributed by atoms with Gasteiger partial charge in [-0.25, -0.2) is 8.78 Å². The first-order valence-electron chi connectivity index (χ1n) is 9.41. The Balaban J connectivity index is 1.40. The molecule has 1 fully saturated rings. The zero-order valence-electron chi connectivity index (χ0n) is 16.2. The summed E-state index contributed by atoms with van der Waals surface area (Å²) >= 11 is 0. The third-order valence-electron chi connectivity index (χ3n) is 5.12. The number of amidine groups is 1. The van der Waals surface area contributed by atoms with Gasteiger partial charge in [-0.05, 0) is 36.8 Å². The van der Waals surface area contributed by atoms with Gasteiger partial charge in [-0.15, -0.1) is 4.40 Å². The van der Waals surface area contributed by atoms with Crippen LogP contribution in [0.25, 0.3) is 0 Å². The Morgan fingerprint density at radius 2 is 1.83 bits per heavy atom. The lowest BCUT2D eigenvalue weighted by molar-refractivity contribution is 0.0649. The monoisotopic (exact) mass is 434 g/mol. The second-order valence-electron chi connectivity index (χ2n) is 7.33. The average molecular weight is 434 g/mol. The predicted octanol–water partition coefficient (Wildman–Crippen LogP) is 2.24. The molecule has 1 saturated heterocycles. The number of carbonyl (C=O) groups is 1. The fourth-order valence-electron chi connectivity index (χ4n) is 3.54. The summed E-state index contributed by atoms with van der Waals surface area (Å²) in [5.74, 6) is -1.80. The van der Waals surface area contributed by atoms with Crippen molar-refractivity contribution in [3.05, 3.63) is 59.2 Å². The van der Waals surface area contributed by atoms with Gasteiger partial charge in [0.1, 0.15) is 22.4 Å². The third kappa shape index (κ3) is 4.05. The number of nitrogens with zero attached hydrogens (tertiary/aromatic N) is 3. The van der Waals surface area contributed by atoms with E-state index in [-0.39, 0.29) is 17.0 Å². The van der Waals surface area contributed by atoms with Crippen molar-refractivity contribution >= 4 is 27.5 Å². The number of nitrogens with one attached hydrogen (secondary N) is 1. The number of carbonyl (C=O) groups excluding carboxylic acids is 1. The van der Waals surface area contributed by atoms with Gasteiger partial charge in [-0.1, -0.05) is 6.07 Å². The number of hydrogen-bond donors (Lipinski definition) is 1. The second kappa shape index (κ2) is 7.77. The Labute approximate surface area is 173 Å². The number of fused-ring (bicyclic) bond motifs is 1. The highest BCUT2D eigenvalue weighted by atomic mass is 32.2. The molecule has 158 valence electrons. The minimum Gasteiger partial charge on any atom is -0.341 e. The van der Waals surface area contributed by atoms with E-state index in [9.17, 15) is 22.0 Å². The van der Waals surface area contributed by atoms with Crippen molar-refractivity contribution in [2.75, 3.05) is 38.0 Å². The van der Waals surface area contributed by atoms with Crippen molar-refractivity contribution in [1.29, 1.82) is 0 Å². The van der Waals surface area contributed by atoms with Gasteiger partial charge in [0.25, 0.3) is 15.9 Å². The van der Waals surface area contributed by atoms with Crippen molar-refractivity contribution in [3.63, 3.8) is 0 Å². The molecule has 2 heterocycles. The molecular weight excluding hydrogens is 414 g/mol. The molecule has 2 aliphatic heterocycles. The van der Waals surface area contributed by atoms with Crippen molar-refractivity contribution in [3.8, 4) is 0 Å². The highest BCUT2D eigenvalue weighted by Gasteiger charge is 2.28. The number of halogens is 2. The van der Waals surface area contributed by atoms with Gasteiger partial charge in [0.2, 0.25) is 0 Å². The topological polar surface area (TPSA) is 82.1 Å². The Kier molecular flexibility index (Phi) is 5.29. The lowest BCUT2D eigenvalue weighted by atomic mass is 10.1. The van der Waals surface area contributed by atoms with Crippen LogP contribution in [0.4, 0.5) is 14.5 Å². The Morgan fingerprint density at radius 1 is 1.10 bits per heavy atom. The van der Waals surface area contributed by atoms with E-state index in [0.29, 0.717) is 43.8 Å². The minimum atomic E-state index is -3.77. The number of hydrogen-bond acceptors (Lipinski definition) is 5. The number of amides is 1. The molecule has 7 nitrogen and oxygen atoms in total. The van der Waals surface area contributed by atoms with E-state index in [1.165, 1.54) is 4.90 Å². The molecule has 0 atom stereocenters. The lowest BCUT2D eigenvalue weighted by Crippen LogP contribution is -2.50. The summed E-state index contributed by atoms with van der Waals surface area (Å²) < 4.78 is 55.8. The summed E-state index contributed by atoms with van der Waals surface area (Å²) in [6, 6.07) is 8.00. The fraction of sp³-hybridized carbons (Fsp3) is 0.300. The molecule has 0 spiro atoms. The minimum absolute atomic E-state index is 0.156. The lowest BCUT2D eigenvalue weighted by Gasteiger charge is -2.35. The first-order valence-corrected chi connectivity index (χ1v) is 10.9. The Bertz CT molecular complexity index is 1140. The van der Waals surface area contributed by atoms with Crippen LogP contribution in [0.15, 0.2) is 45.7 Å². The van der Waals surface area contributed by atoms with Gasteiger partial charge in [0.05, 0.1) is 17.8 Å².